The monoisotopic (exact) mass is 388 g/mol. The molecule has 4 aliphatic heterocycles. The Hall–Kier alpha value is -3.80. The summed E-state index contributed by atoms with van der Waals surface area (Å²) in [6.07, 6.45) is 0.708. The first-order chi connectivity index (χ1) is 14.2. The summed E-state index contributed by atoms with van der Waals surface area (Å²) in [6.45, 7) is 0.999. The SMILES string of the molecule is O=C1Nc2ccccc2NC(=O)c2ccc(cc2)OCCCOc2ccc1cc2. The van der Waals surface area contributed by atoms with Crippen molar-refractivity contribution in [2.45, 2.75) is 6.42 Å². The molecule has 4 aliphatic rings. The van der Waals surface area contributed by atoms with Gasteiger partial charge in [-0.05, 0) is 60.7 Å². The smallest absolute Gasteiger partial charge is 0.255 e. The molecule has 7 rings (SSSR count). The molecule has 6 heteroatoms. The van der Waals surface area contributed by atoms with Crippen LogP contribution in [-0.4, -0.2) is 25.0 Å². The van der Waals surface area contributed by atoms with Crippen molar-refractivity contribution in [3.8, 4) is 11.5 Å². The lowest BCUT2D eigenvalue weighted by Gasteiger charge is -2.13. The van der Waals surface area contributed by atoms with Crippen LogP contribution in [0.2, 0.25) is 0 Å². The molecule has 0 fully saturated rings. The van der Waals surface area contributed by atoms with Crippen LogP contribution in [0.1, 0.15) is 27.1 Å². The Morgan fingerprint density at radius 2 is 1.00 bits per heavy atom. The third kappa shape index (κ3) is 4.55. The van der Waals surface area contributed by atoms with Crippen LogP contribution in [0.5, 0.6) is 11.5 Å². The molecule has 146 valence electrons. The van der Waals surface area contributed by atoms with Crippen molar-refractivity contribution in [3.63, 3.8) is 0 Å². The van der Waals surface area contributed by atoms with E-state index in [1.54, 1.807) is 72.8 Å². The molecule has 6 nitrogen and oxygen atoms in total. The molecule has 0 unspecified atom stereocenters. The average molecular weight is 388 g/mol. The van der Waals surface area contributed by atoms with Crippen molar-refractivity contribution in [2.75, 3.05) is 23.8 Å². The van der Waals surface area contributed by atoms with Crippen LogP contribution in [0.25, 0.3) is 0 Å². The van der Waals surface area contributed by atoms with Gasteiger partial charge in [0.2, 0.25) is 0 Å². The van der Waals surface area contributed by atoms with Gasteiger partial charge in [-0.25, -0.2) is 0 Å². The Kier molecular flexibility index (Phi) is 5.42. The molecule has 29 heavy (non-hydrogen) atoms. The fourth-order valence-electron chi connectivity index (χ4n) is 2.93. The summed E-state index contributed by atoms with van der Waals surface area (Å²) >= 11 is 0. The third-order valence-electron chi connectivity index (χ3n) is 4.48. The summed E-state index contributed by atoms with van der Waals surface area (Å²) in [7, 11) is 0. The fourth-order valence-corrected chi connectivity index (χ4v) is 2.93. The highest BCUT2D eigenvalue weighted by Crippen LogP contribution is 2.24. The largest absolute Gasteiger partial charge is 0.493 e. The van der Waals surface area contributed by atoms with Gasteiger partial charge in [0.25, 0.3) is 11.8 Å². The number of para-hydroxylation sites is 2. The average Bonchev–Trinajstić information content (AvgIpc) is 2.75. The van der Waals surface area contributed by atoms with Crippen LogP contribution < -0.4 is 20.1 Å². The number of benzene rings is 3. The normalized spacial score (nSPS) is 14.3. The maximum absolute atomic E-state index is 12.6. The van der Waals surface area contributed by atoms with Crippen LogP contribution in [0.15, 0.2) is 72.8 Å². The summed E-state index contributed by atoms with van der Waals surface area (Å²) < 4.78 is 11.4. The van der Waals surface area contributed by atoms with Gasteiger partial charge in [-0.1, -0.05) is 12.1 Å². The molecule has 3 aromatic rings. The van der Waals surface area contributed by atoms with Gasteiger partial charge >= 0.3 is 0 Å². The van der Waals surface area contributed by atoms with Crippen molar-refractivity contribution in [3.05, 3.63) is 83.9 Å². The lowest BCUT2D eigenvalue weighted by atomic mass is 10.1. The molecule has 0 atom stereocenters. The molecule has 2 N–H and O–H groups in total. The first kappa shape index (κ1) is 18.6. The van der Waals surface area contributed by atoms with E-state index in [2.05, 4.69) is 10.6 Å². The van der Waals surface area contributed by atoms with Crippen molar-refractivity contribution in [1.29, 1.82) is 0 Å². The van der Waals surface area contributed by atoms with Gasteiger partial charge in [0.15, 0.2) is 0 Å². The summed E-state index contributed by atoms with van der Waals surface area (Å²) in [5, 5.41) is 5.70. The quantitative estimate of drug-likeness (QED) is 0.600. The van der Waals surface area contributed by atoms with Crippen LogP contribution in [0.4, 0.5) is 11.4 Å². The molecule has 4 heterocycles. The van der Waals surface area contributed by atoms with Crippen molar-refractivity contribution in [1.82, 2.24) is 0 Å². The second-order valence-electron chi connectivity index (χ2n) is 6.55. The van der Waals surface area contributed by atoms with Gasteiger partial charge in [-0.3, -0.25) is 9.59 Å². The Morgan fingerprint density at radius 3 is 1.41 bits per heavy atom. The molecule has 0 spiro atoms. The van der Waals surface area contributed by atoms with Crippen LogP contribution >= 0.6 is 0 Å². The number of nitrogens with one attached hydrogen (secondary N) is 2. The Labute approximate surface area is 168 Å². The van der Waals surface area contributed by atoms with E-state index in [0.29, 0.717) is 53.6 Å². The Morgan fingerprint density at radius 1 is 0.586 bits per heavy atom. The topological polar surface area (TPSA) is 76.7 Å². The minimum atomic E-state index is -0.270. The van der Waals surface area contributed by atoms with Gasteiger partial charge in [0.1, 0.15) is 11.5 Å². The molecule has 2 amide bonds. The number of hydrogen-bond donors (Lipinski definition) is 2. The molecule has 0 radical (unpaired) electrons. The van der Waals surface area contributed by atoms with Crippen molar-refractivity contribution in [2.24, 2.45) is 0 Å². The minimum Gasteiger partial charge on any atom is -0.493 e. The van der Waals surface area contributed by atoms with E-state index in [1.807, 2.05) is 0 Å². The number of amides is 2. The van der Waals surface area contributed by atoms with Crippen molar-refractivity contribution >= 4 is 23.2 Å². The van der Waals surface area contributed by atoms with Crippen LogP contribution in [0, 0.1) is 0 Å². The zero-order valence-corrected chi connectivity index (χ0v) is 15.7. The standard InChI is InChI=1S/C23H20N2O4/c26-22-16-6-10-18(11-7-16)28-14-3-15-29-19-12-8-17(9-13-19)23(27)25-21-5-2-1-4-20(21)24-22/h1-2,4-13H,3,14-15H2,(H,24,26)(H,25,27). The molecule has 0 aliphatic carbocycles. The zero-order valence-electron chi connectivity index (χ0n) is 15.7. The molecule has 0 saturated heterocycles. The Bertz CT molecular complexity index is 931. The number of carbonyl (C=O) groups is 2. The zero-order chi connectivity index (χ0) is 20.1. The molecule has 3 aromatic carbocycles. The van der Waals surface area contributed by atoms with E-state index in [4.69, 9.17) is 9.47 Å². The molecule has 0 aromatic heterocycles. The van der Waals surface area contributed by atoms with E-state index >= 15 is 0 Å². The molecule has 4 bridgehead atoms. The molecule has 0 saturated carbocycles. The fraction of sp³-hybridized carbons (Fsp3) is 0.130. The van der Waals surface area contributed by atoms with Crippen LogP contribution in [0.3, 0.4) is 0 Å². The van der Waals surface area contributed by atoms with Crippen LogP contribution in [-0.2, 0) is 0 Å². The maximum Gasteiger partial charge on any atom is 0.255 e. The second kappa shape index (κ2) is 8.48. The maximum atomic E-state index is 12.6. The van der Waals surface area contributed by atoms with E-state index in [9.17, 15) is 9.59 Å². The highest BCUT2D eigenvalue weighted by Gasteiger charge is 2.13. The highest BCUT2D eigenvalue weighted by atomic mass is 16.5. The predicted molar refractivity (Wildman–Crippen MR) is 111 cm³/mol. The summed E-state index contributed by atoms with van der Waals surface area (Å²) in [5.41, 5.74) is 2.03. The lowest BCUT2D eigenvalue weighted by Crippen LogP contribution is -2.16. The van der Waals surface area contributed by atoms with Gasteiger partial charge in [0, 0.05) is 17.5 Å². The van der Waals surface area contributed by atoms with E-state index in [0.717, 1.165) is 0 Å². The number of hydrogen-bond acceptors (Lipinski definition) is 4. The van der Waals surface area contributed by atoms with Gasteiger partial charge in [-0.15, -0.1) is 0 Å². The summed E-state index contributed by atoms with van der Waals surface area (Å²) in [6, 6.07) is 20.9. The lowest BCUT2D eigenvalue weighted by molar-refractivity contribution is 0.101. The first-order valence-corrected chi connectivity index (χ1v) is 9.36. The number of ether oxygens (including phenoxy) is 2. The van der Waals surface area contributed by atoms with E-state index < -0.39 is 0 Å². The highest BCUT2D eigenvalue weighted by molar-refractivity contribution is 6.10. The molecular weight excluding hydrogens is 368 g/mol. The Balaban J connectivity index is 1.64. The second-order valence-corrected chi connectivity index (χ2v) is 6.55. The number of rotatable bonds is 0. The van der Waals surface area contributed by atoms with Gasteiger partial charge < -0.3 is 20.1 Å². The molecular formula is C23H20N2O4. The predicted octanol–water partition coefficient (Wildman–Crippen LogP) is 4.35. The van der Waals surface area contributed by atoms with Gasteiger partial charge in [0.05, 0.1) is 24.6 Å². The third-order valence-corrected chi connectivity index (χ3v) is 4.48. The van der Waals surface area contributed by atoms with E-state index in [-0.39, 0.29) is 11.8 Å². The first-order valence-electron chi connectivity index (χ1n) is 9.36. The summed E-state index contributed by atoms with van der Waals surface area (Å²) in [5.74, 6) is 0.843. The number of anilines is 2. The number of carbonyl (C=O) groups excluding carboxylic acids is 2. The summed E-state index contributed by atoms with van der Waals surface area (Å²) in [4.78, 5) is 25.2. The van der Waals surface area contributed by atoms with Gasteiger partial charge in [-0.2, -0.15) is 0 Å². The van der Waals surface area contributed by atoms with Crippen molar-refractivity contribution < 1.29 is 19.1 Å². The van der Waals surface area contributed by atoms with E-state index in [1.165, 1.54) is 0 Å². The minimum absolute atomic E-state index is 0.270.